The van der Waals surface area contributed by atoms with Crippen LogP contribution in [-0.2, 0) is 9.59 Å². The zero-order chi connectivity index (χ0) is 17.3. The van der Waals surface area contributed by atoms with Crippen molar-refractivity contribution in [2.75, 3.05) is 17.7 Å². The number of anilines is 2. The van der Waals surface area contributed by atoms with Crippen LogP contribution >= 0.6 is 11.8 Å². The lowest BCUT2D eigenvalue weighted by Gasteiger charge is -2.32. The fraction of sp³-hybridized carbons (Fsp3) is 0.222. The second-order valence-electron chi connectivity index (χ2n) is 5.72. The molecule has 2 amide bonds. The lowest BCUT2D eigenvalue weighted by atomic mass is 10.1. The molecule has 1 atom stereocenters. The molecule has 1 unspecified atom stereocenters. The van der Waals surface area contributed by atoms with Gasteiger partial charge in [0.05, 0.1) is 12.8 Å². The number of benzene rings is 2. The molecule has 5 nitrogen and oxygen atoms in total. The van der Waals surface area contributed by atoms with E-state index in [1.807, 2.05) is 37.3 Å². The van der Waals surface area contributed by atoms with Gasteiger partial charge in [-0.3, -0.25) is 9.59 Å². The van der Waals surface area contributed by atoms with Crippen molar-refractivity contribution in [2.24, 2.45) is 0 Å². The maximum absolute atomic E-state index is 12.8. The Hall–Kier alpha value is -2.47. The van der Waals surface area contributed by atoms with Crippen molar-refractivity contribution >= 4 is 35.0 Å². The normalized spacial score (nSPS) is 19.2. The fourth-order valence-electron chi connectivity index (χ4n) is 2.46. The van der Waals surface area contributed by atoms with Gasteiger partial charge in [0.15, 0.2) is 4.75 Å². The molecule has 0 aromatic heterocycles. The second-order valence-corrected chi connectivity index (χ2v) is 7.18. The molecular weight excluding hydrogens is 324 g/mol. The van der Waals surface area contributed by atoms with Crippen molar-refractivity contribution in [1.82, 2.24) is 0 Å². The van der Waals surface area contributed by atoms with Crippen LogP contribution in [0.3, 0.4) is 0 Å². The Kier molecular flexibility index (Phi) is 4.24. The summed E-state index contributed by atoms with van der Waals surface area (Å²) in [5.41, 5.74) is 2.26. The van der Waals surface area contributed by atoms with E-state index in [9.17, 15) is 9.59 Å². The number of fused-ring (bicyclic) bond motifs is 1. The molecule has 3 rings (SSSR count). The molecule has 1 aliphatic heterocycles. The third-order valence-electron chi connectivity index (χ3n) is 4.00. The minimum atomic E-state index is -1.24. The van der Waals surface area contributed by atoms with E-state index in [0.29, 0.717) is 5.69 Å². The Morgan fingerprint density at radius 3 is 2.71 bits per heavy atom. The molecule has 1 aliphatic rings. The van der Waals surface area contributed by atoms with Crippen molar-refractivity contribution in [3.63, 3.8) is 0 Å². The maximum atomic E-state index is 12.8. The zero-order valence-electron chi connectivity index (χ0n) is 13.7. The van der Waals surface area contributed by atoms with Crippen molar-refractivity contribution < 1.29 is 14.3 Å². The van der Waals surface area contributed by atoms with Gasteiger partial charge in [-0.1, -0.05) is 23.9 Å². The van der Waals surface area contributed by atoms with Gasteiger partial charge in [0.25, 0.3) is 0 Å². The first-order valence-electron chi connectivity index (χ1n) is 7.49. The van der Waals surface area contributed by atoms with Gasteiger partial charge in [-0.25, -0.2) is 0 Å². The van der Waals surface area contributed by atoms with E-state index in [2.05, 4.69) is 10.6 Å². The van der Waals surface area contributed by atoms with E-state index in [4.69, 9.17) is 4.74 Å². The molecule has 0 aliphatic carbocycles. The van der Waals surface area contributed by atoms with E-state index in [1.165, 1.54) is 11.8 Å². The zero-order valence-corrected chi connectivity index (χ0v) is 14.5. The average Bonchev–Trinajstić information content (AvgIpc) is 2.57. The van der Waals surface area contributed by atoms with Crippen LogP contribution < -0.4 is 15.4 Å². The summed E-state index contributed by atoms with van der Waals surface area (Å²) in [6, 6.07) is 12.8. The van der Waals surface area contributed by atoms with Crippen molar-refractivity contribution in [3.05, 3.63) is 48.0 Å². The first-order chi connectivity index (χ1) is 11.4. The van der Waals surface area contributed by atoms with Gasteiger partial charge in [-0.15, -0.1) is 0 Å². The van der Waals surface area contributed by atoms with Gasteiger partial charge in [0.1, 0.15) is 5.75 Å². The molecule has 0 fully saturated rings. The molecule has 2 aromatic rings. The molecule has 124 valence electrons. The molecule has 0 saturated heterocycles. The summed E-state index contributed by atoms with van der Waals surface area (Å²) in [6.45, 7) is 3.51. The van der Waals surface area contributed by atoms with E-state index in [0.717, 1.165) is 21.9 Å². The Morgan fingerprint density at radius 1 is 1.25 bits per heavy atom. The van der Waals surface area contributed by atoms with Crippen LogP contribution in [0.1, 0.15) is 12.5 Å². The number of aryl methyl sites for hydroxylation is 1. The molecule has 6 heteroatoms. The molecule has 0 bridgehead atoms. The summed E-state index contributed by atoms with van der Waals surface area (Å²) in [5, 5.41) is 5.67. The summed E-state index contributed by atoms with van der Waals surface area (Å²) >= 11 is 1.26. The van der Waals surface area contributed by atoms with Crippen molar-refractivity contribution in [1.29, 1.82) is 0 Å². The first-order valence-corrected chi connectivity index (χ1v) is 8.31. The van der Waals surface area contributed by atoms with Crippen LogP contribution in [-0.4, -0.2) is 23.7 Å². The van der Waals surface area contributed by atoms with Crippen LogP contribution in [0, 0.1) is 6.92 Å². The Balaban J connectivity index is 1.85. The first kappa shape index (κ1) is 16.4. The third-order valence-corrected chi connectivity index (χ3v) is 5.35. The number of hydrogen-bond acceptors (Lipinski definition) is 4. The van der Waals surface area contributed by atoms with Gasteiger partial charge in [-0.05, 0) is 49.7 Å². The number of para-hydroxylation sites is 1. The van der Waals surface area contributed by atoms with Crippen LogP contribution in [0.25, 0.3) is 0 Å². The summed E-state index contributed by atoms with van der Waals surface area (Å²) in [4.78, 5) is 26.2. The van der Waals surface area contributed by atoms with Gasteiger partial charge in [-0.2, -0.15) is 0 Å². The van der Waals surface area contributed by atoms with Crippen LogP contribution in [0.5, 0.6) is 5.75 Å². The molecule has 0 spiro atoms. The number of nitrogens with one attached hydrogen (secondary N) is 2. The van der Waals surface area contributed by atoms with Crippen molar-refractivity contribution in [2.45, 2.75) is 23.5 Å². The van der Waals surface area contributed by atoms with Gasteiger partial charge >= 0.3 is 0 Å². The molecule has 1 heterocycles. The van der Waals surface area contributed by atoms with Crippen LogP contribution in [0.2, 0.25) is 0 Å². The molecular formula is C18H18N2O3S. The lowest BCUT2D eigenvalue weighted by molar-refractivity contribution is -0.126. The SMILES string of the molecule is COc1ccc(NC(=O)C2(C)Sc3ccccc3NC2=O)c(C)c1. The molecule has 2 N–H and O–H groups in total. The van der Waals surface area contributed by atoms with E-state index >= 15 is 0 Å². The van der Waals surface area contributed by atoms with E-state index in [-0.39, 0.29) is 11.8 Å². The fourth-order valence-corrected chi connectivity index (χ4v) is 3.56. The molecule has 2 aromatic carbocycles. The average molecular weight is 342 g/mol. The minimum absolute atomic E-state index is 0.324. The summed E-state index contributed by atoms with van der Waals surface area (Å²) < 4.78 is 3.93. The van der Waals surface area contributed by atoms with Crippen LogP contribution in [0.15, 0.2) is 47.4 Å². The summed E-state index contributed by atoms with van der Waals surface area (Å²) in [6.07, 6.45) is 0. The number of methoxy groups -OCH3 is 1. The van der Waals surface area contributed by atoms with E-state index in [1.54, 1.807) is 26.2 Å². The number of thioether (sulfide) groups is 1. The topological polar surface area (TPSA) is 67.4 Å². The summed E-state index contributed by atoms with van der Waals surface area (Å²) in [5.74, 6) is 0.0399. The monoisotopic (exact) mass is 342 g/mol. The molecule has 0 radical (unpaired) electrons. The highest BCUT2D eigenvalue weighted by atomic mass is 32.2. The Morgan fingerprint density at radius 2 is 2.00 bits per heavy atom. The Labute approximate surface area is 144 Å². The lowest BCUT2D eigenvalue weighted by Crippen LogP contribution is -2.49. The van der Waals surface area contributed by atoms with Crippen LogP contribution in [0.4, 0.5) is 11.4 Å². The number of carbonyl (C=O) groups excluding carboxylic acids is 2. The number of hydrogen-bond donors (Lipinski definition) is 2. The second kappa shape index (κ2) is 6.20. The number of ether oxygens (including phenoxy) is 1. The predicted molar refractivity (Wildman–Crippen MR) is 95.7 cm³/mol. The third kappa shape index (κ3) is 2.85. The predicted octanol–water partition coefficient (Wildman–Crippen LogP) is 3.45. The van der Waals surface area contributed by atoms with E-state index < -0.39 is 4.75 Å². The largest absolute Gasteiger partial charge is 0.497 e. The molecule has 24 heavy (non-hydrogen) atoms. The smallest absolute Gasteiger partial charge is 0.250 e. The van der Waals surface area contributed by atoms with Gasteiger partial charge in [0.2, 0.25) is 11.8 Å². The Bertz CT molecular complexity index is 822. The number of rotatable bonds is 3. The summed E-state index contributed by atoms with van der Waals surface area (Å²) in [7, 11) is 1.59. The number of carbonyl (C=O) groups is 2. The maximum Gasteiger partial charge on any atom is 0.250 e. The highest BCUT2D eigenvalue weighted by Gasteiger charge is 2.45. The number of amides is 2. The standard InChI is InChI=1S/C18H18N2O3S/c1-11-10-12(23-3)8-9-13(11)19-16(21)18(2)17(22)20-14-6-4-5-7-15(14)24-18/h4-10H,1-3H3,(H,19,21)(H,20,22). The minimum Gasteiger partial charge on any atom is -0.497 e. The van der Waals surface area contributed by atoms with Gasteiger partial charge in [0, 0.05) is 10.6 Å². The molecule has 0 saturated carbocycles. The highest BCUT2D eigenvalue weighted by Crippen LogP contribution is 2.42. The highest BCUT2D eigenvalue weighted by molar-refractivity contribution is 8.02. The van der Waals surface area contributed by atoms with Crippen molar-refractivity contribution in [3.8, 4) is 5.75 Å². The van der Waals surface area contributed by atoms with Gasteiger partial charge < -0.3 is 15.4 Å². The quantitative estimate of drug-likeness (QED) is 0.839.